The van der Waals surface area contributed by atoms with Crippen LogP contribution in [0.4, 0.5) is 0 Å². The van der Waals surface area contributed by atoms with E-state index < -0.39 is 9.84 Å². The molecule has 150 valence electrons. The van der Waals surface area contributed by atoms with Crippen molar-refractivity contribution in [3.63, 3.8) is 0 Å². The summed E-state index contributed by atoms with van der Waals surface area (Å²) in [6.45, 7) is 3.06. The second kappa shape index (κ2) is 8.53. The highest BCUT2D eigenvalue weighted by atomic mass is 35.5. The average Bonchev–Trinajstić information content (AvgIpc) is 2.64. The van der Waals surface area contributed by atoms with Gasteiger partial charge in [0, 0.05) is 42.8 Å². The Morgan fingerprint density at radius 2 is 1.79 bits per heavy atom. The van der Waals surface area contributed by atoms with E-state index in [9.17, 15) is 13.2 Å². The normalized spacial score (nSPS) is 15.5. The van der Waals surface area contributed by atoms with E-state index in [-0.39, 0.29) is 17.8 Å². The van der Waals surface area contributed by atoms with Crippen LogP contribution in [0.3, 0.4) is 0 Å². The number of hydrogen-bond acceptors (Lipinski definition) is 4. The van der Waals surface area contributed by atoms with Crippen LogP contribution in [-0.2, 0) is 15.6 Å². The Hall–Kier alpha value is -2.05. The third-order valence-corrected chi connectivity index (χ3v) is 5.95. The molecule has 0 spiro atoms. The van der Waals surface area contributed by atoms with E-state index in [0.717, 1.165) is 24.2 Å². The van der Waals surface area contributed by atoms with Crippen LogP contribution >= 0.6 is 11.6 Å². The number of rotatable bonds is 5. The van der Waals surface area contributed by atoms with Crippen molar-refractivity contribution in [2.75, 3.05) is 19.3 Å². The van der Waals surface area contributed by atoms with E-state index in [4.69, 9.17) is 16.3 Å². The summed E-state index contributed by atoms with van der Waals surface area (Å²) in [7, 11) is -3.16. The van der Waals surface area contributed by atoms with E-state index in [1.54, 1.807) is 29.2 Å². The quantitative estimate of drug-likeness (QED) is 0.735. The third-order valence-electron chi connectivity index (χ3n) is 4.86. The van der Waals surface area contributed by atoms with Crippen molar-refractivity contribution in [1.82, 2.24) is 4.90 Å². The Balaban J connectivity index is 1.62. The zero-order valence-corrected chi connectivity index (χ0v) is 17.6. The molecule has 2 aromatic carbocycles. The molecule has 3 rings (SSSR count). The van der Waals surface area contributed by atoms with Gasteiger partial charge in [0.2, 0.25) is 0 Å². The van der Waals surface area contributed by atoms with Gasteiger partial charge in [0.15, 0.2) is 9.84 Å². The molecule has 0 saturated carbocycles. The molecule has 0 aromatic heterocycles. The average molecular weight is 422 g/mol. The molecule has 1 saturated heterocycles. The number of piperidine rings is 1. The molecule has 0 atom stereocenters. The summed E-state index contributed by atoms with van der Waals surface area (Å²) in [4.78, 5) is 14.7. The first-order valence-corrected chi connectivity index (χ1v) is 11.6. The zero-order chi connectivity index (χ0) is 20.3. The van der Waals surface area contributed by atoms with Gasteiger partial charge in [-0.15, -0.1) is 0 Å². The van der Waals surface area contributed by atoms with Gasteiger partial charge in [-0.2, -0.15) is 0 Å². The van der Waals surface area contributed by atoms with Gasteiger partial charge in [0.25, 0.3) is 5.91 Å². The van der Waals surface area contributed by atoms with Crippen LogP contribution in [0.2, 0.25) is 5.02 Å². The molecular weight excluding hydrogens is 398 g/mol. The van der Waals surface area contributed by atoms with Gasteiger partial charge < -0.3 is 9.64 Å². The van der Waals surface area contributed by atoms with Crippen molar-refractivity contribution in [3.05, 3.63) is 64.2 Å². The summed E-state index contributed by atoms with van der Waals surface area (Å²) in [5.41, 5.74) is 2.08. The first-order valence-electron chi connectivity index (χ1n) is 9.20. The minimum absolute atomic E-state index is 0.0586. The fourth-order valence-corrected chi connectivity index (χ4v) is 4.31. The minimum Gasteiger partial charge on any atom is -0.490 e. The number of carbonyl (C=O) groups excluding carboxylic acids is 1. The van der Waals surface area contributed by atoms with Crippen LogP contribution in [0.5, 0.6) is 5.75 Å². The molecule has 0 bridgehead atoms. The third kappa shape index (κ3) is 5.49. The molecule has 2 aromatic rings. The van der Waals surface area contributed by atoms with Gasteiger partial charge in [-0.25, -0.2) is 8.42 Å². The number of halogens is 1. The van der Waals surface area contributed by atoms with Gasteiger partial charge in [0.1, 0.15) is 11.9 Å². The summed E-state index contributed by atoms with van der Waals surface area (Å²) >= 11 is 5.89. The highest BCUT2D eigenvalue weighted by molar-refractivity contribution is 7.89. The highest BCUT2D eigenvalue weighted by Gasteiger charge is 2.25. The van der Waals surface area contributed by atoms with Crippen molar-refractivity contribution in [1.29, 1.82) is 0 Å². The number of aryl methyl sites for hydroxylation is 1. The fraction of sp³-hybridized carbons (Fsp3) is 0.381. The second-order valence-electron chi connectivity index (χ2n) is 7.27. The first-order chi connectivity index (χ1) is 13.2. The summed E-state index contributed by atoms with van der Waals surface area (Å²) < 4.78 is 29.2. The number of nitrogens with zero attached hydrogens (tertiary/aromatic N) is 1. The number of sulfone groups is 1. The number of carbonyl (C=O) groups is 1. The van der Waals surface area contributed by atoms with Crippen molar-refractivity contribution < 1.29 is 17.9 Å². The number of hydrogen-bond donors (Lipinski definition) is 0. The van der Waals surface area contributed by atoms with Crippen molar-refractivity contribution in [3.8, 4) is 5.75 Å². The molecule has 1 amide bonds. The second-order valence-corrected chi connectivity index (χ2v) is 9.85. The molecule has 0 radical (unpaired) electrons. The summed E-state index contributed by atoms with van der Waals surface area (Å²) in [6, 6.07) is 12.5. The van der Waals surface area contributed by atoms with Crippen LogP contribution in [0.1, 0.15) is 34.3 Å². The van der Waals surface area contributed by atoms with Gasteiger partial charge in [-0.05, 0) is 54.4 Å². The summed E-state index contributed by atoms with van der Waals surface area (Å²) in [6.07, 6.45) is 2.75. The Bertz CT molecular complexity index is 949. The maximum atomic E-state index is 12.9. The zero-order valence-electron chi connectivity index (χ0n) is 16.0. The van der Waals surface area contributed by atoms with Crippen LogP contribution in [0.25, 0.3) is 0 Å². The predicted octanol–water partition coefficient (Wildman–Crippen LogP) is 3.88. The highest BCUT2D eigenvalue weighted by Crippen LogP contribution is 2.23. The minimum atomic E-state index is -3.16. The molecule has 7 heteroatoms. The molecule has 1 heterocycles. The van der Waals surface area contributed by atoms with E-state index in [0.29, 0.717) is 29.2 Å². The molecule has 0 aliphatic carbocycles. The molecule has 0 N–H and O–H groups in total. The van der Waals surface area contributed by atoms with Gasteiger partial charge in [-0.3, -0.25) is 4.79 Å². The van der Waals surface area contributed by atoms with E-state index in [1.807, 2.05) is 25.1 Å². The summed E-state index contributed by atoms with van der Waals surface area (Å²) in [5.74, 6) is 0.648. The Morgan fingerprint density at radius 3 is 2.39 bits per heavy atom. The topological polar surface area (TPSA) is 63.7 Å². The molecule has 1 fully saturated rings. The fourth-order valence-electron chi connectivity index (χ4n) is 3.31. The van der Waals surface area contributed by atoms with Crippen molar-refractivity contribution in [2.45, 2.75) is 31.6 Å². The number of ether oxygens (including phenoxy) is 1. The maximum absolute atomic E-state index is 12.9. The van der Waals surface area contributed by atoms with Crippen LogP contribution in [-0.4, -0.2) is 44.7 Å². The molecular formula is C21H24ClNO4S. The SMILES string of the molecule is Cc1ccc(C(=O)N2CCC(Oc3ccc(Cl)cc3)CC2)cc1CS(C)(=O)=O. The number of benzene rings is 2. The first kappa shape index (κ1) is 20.7. The number of amides is 1. The van der Waals surface area contributed by atoms with Crippen molar-refractivity contribution >= 4 is 27.3 Å². The van der Waals surface area contributed by atoms with Gasteiger partial charge >= 0.3 is 0 Å². The lowest BCUT2D eigenvalue weighted by molar-refractivity contribution is 0.0595. The van der Waals surface area contributed by atoms with E-state index >= 15 is 0 Å². The maximum Gasteiger partial charge on any atom is 0.253 e. The monoisotopic (exact) mass is 421 g/mol. The van der Waals surface area contributed by atoms with Crippen molar-refractivity contribution in [2.24, 2.45) is 0 Å². The number of likely N-dealkylation sites (tertiary alicyclic amines) is 1. The Labute approximate surface area is 171 Å². The molecule has 5 nitrogen and oxygen atoms in total. The molecule has 1 aliphatic heterocycles. The molecule has 28 heavy (non-hydrogen) atoms. The standard InChI is InChI=1S/C21H24ClNO4S/c1-15-3-4-16(13-17(15)14-28(2,25)26)21(24)23-11-9-20(10-12-23)27-19-7-5-18(22)6-8-19/h3-8,13,20H,9-12,14H2,1-2H3. The lowest BCUT2D eigenvalue weighted by atomic mass is 10.0. The molecule has 1 aliphatic rings. The largest absolute Gasteiger partial charge is 0.490 e. The smallest absolute Gasteiger partial charge is 0.253 e. The van der Waals surface area contributed by atoms with Crippen LogP contribution < -0.4 is 4.74 Å². The predicted molar refractivity (Wildman–Crippen MR) is 111 cm³/mol. The van der Waals surface area contributed by atoms with Gasteiger partial charge in [-0.1, -0.05) is 17.7 Å². The lowest BCUT2D eigenvalue weighted by Crippen LogP contribution is -2.41. The van der Waals surface area contributed by atoms with Crippen LogP contribution in [0, 0.1) is 6.92 Å². The van der Waals surface area contributed by atoms with E-state index in [2.05, 4.69) is 0 Å². The summed E-state index contributed by atoms with van der Waals surface area (Å²) in [5, 5.41) is 0.668. The van der Waals surface area contributed by atoms with Gasteiger partial charge in [0.05, 0.1) is 5.75 Å². The molecule has 0 unspecified atom stereocenters. The van der Waals surface area contributed by atoms with E-state index in [1.165, 1.54) is 6.26 Å². The van der Waals surface area contributed by atoms with Crippen LogP contribution in [0.15, 0.2) is 42.5 Å². The lowest BCUT2D eigenvalue weighted by Gasteiger charge is -2.32. The Morgan fingerprint density at radius 1 is 1.14 bits per heavy atom. The Kier molecular flexibility index (Phi) is 6.30.